The van der Waals surface area contributed by atoms with Crippen molar-refractivity contribution in [1.82, 2.24) is 15.2 Å². The topological polar surface area (TPSA) is 173 Å². The van der Waals surface area contributed by atoms with Gasteiger partial charge in [0, 0.05) is 49.1 Å². The Labute approximate surface area is 331 Å². The first-order valence-corrected chi connectivity index (χ1v) is 20.1. The number of aliphatic hydroxyl groups excluding tert-OH is 1. The lowest BCUT2D eigenvalue weighted by Gasteiger charge is -2.41. The average Bonchev–Trinajstić information content (AvgIpc) is 3.92. The molecule has 0 saturated heterocycles. The normalized spacial score (nSPS) is 18.0. The summed E-state index contributed by atoms with van der Waals surface area (Å²) in [6.07, 6.45) is 2.06. The van der Waals surface area contributed by atoms with Crippen molar-refractivity contribution in [2.75, 3.05) is 32.6 Å². The zero-order chi connectivity index (χ0) is 39.3. The van der Waals surface area contributed by atoms with Gasteiger partial charge in [0.15, 0.2) is 0 Å². The number of hydrogen-bond donors (Lipinski definition) is 6. The van der Waals surface area contributed by atoms with Crippen molar-refractivity contribution in [1.29, 1.82) is 0 Å². The quantitative estimate of drug-likeness (QED) is 0.0661. The summed E-state index contributed by atoms with van der Waals surface area (Å²) in [6, 6.07) is 16.8. The smallest absolute Gasteiger partial charge is 0.349 e. The standard InChI is InChI=1S/C40H45ClN4O8S2/c1-39(53-38(50)40(51,31-6-4-20-54-31)32-7-5-21-55-32)17-14-25(15-18-39)45(2)19-16-34(49)43-28-11-8-24(37(52-3)35(28)41)22-42-23-30(47)26-9-12-29(46)36-27(26)10-13-33(48)44-36/h4-13,20-21,25,30,42,46-47,51H,14-19,22-23H2,1-3H3,(H,43,49)(H,44,48)/t25?,30-,39?/m0/s1. The van der Waals surface area contributed by atoms with E-state index in [1.54, 1.807) is 48.5 Å². The predicted molar refractivity (Wildman–Crippen MR) is 215 cm³/mol. The molecular formula is C40H45ClN4O8S2. The minimum absolute atomic E-state index is 0.0834. The lowest BCUT2D eigenvalue weighted by molar-refractivity contribution is -0.180. The Morgan fingerprint density at radius 3 is 2.40 bits per heavy atom. The van der Waals surface area contributed by atoms with Crippen molar-refractivity contribution in [3.05, 3.63) is 108 Å². The Hall–Kier alpha value is -4.28. The molecule has 1 aliphatic rings. The molecule has 1 amide bonds. The molecule has 3 heterocycles. The summed E-state index contributed by atoms with van der Waals surface area (Å²) in [7, 11) is 3.48. The minimum atomic E-state index is -1.85. The molecule has 0 unspecified atom stereocenters. The second-order valence-corrected chi connectivity index (χ2v) is 16.3. The van der Waals surface area contributed by atoms with Crippen molar-refractivity contribution in [3.63, 3.8) is 0 Å². The van der Waals surface area contributed by atoms with Crippen LogP contribution in [0.3, 0.4) is 0 Å². The molecule has 5 aromatic rings. The Morgan fingerprint density at radius 1 is 1.07 bits per heavy atom. The van der Waals surface area contributed by atoms with Gasteiger partial charge in [0.1, 0.15) is 22.1 Å². The zero-order valence-corrected chi connectivity index (χ0v) is 33.2. The molecule has 3 aromatic heterocycles. The van der Waals surface area contributed by atoms with Gasteiger partial charge in [0.25, 0.3) is 0 Å². The van der Waals surface area contributed by atoms with E-state index in [4.69, 9.17) is 21.1 Å². The number of ether oxygens (including phenoxy) is 2. The van der Waals surface area contributed by atoms with Crippen LogP contribution >= 0.6 is 34.3 Å². The number of carbonyl (C=O) groups is 2. The number of pyridine rings is 1. The summed E-state index contributed by atoms with van der Waals surface area (Å²) >= 11 is 9.32. The van der Waals surface area contributed by atoms with Crippen LogP contribution in [0.1, 0.15) is 66.0 Å². The highest BCUT2D eigenvalue weighted by Crippen LogP contribution is 2.41. The summed E-state index contributed by atoms with van der Waals surface area (Å²) in [5, 5.41) is 43.3. The third-order valence-corrected chi connectivity index (χ3v) is 12.6. The number of aromatic hydroxyl groups is 1. The molecule has 1 fully saturated rings. The second kappa shape index (κ2) is 17.2. The third-order valence-electron chi connectivity index (χ3n) is 10.3. The molecule has 0 aliphatic heterocycles. The van der Waals surface area contributed by atoms with Gasteiger partial charge in [0.2, 0.25) is 17.1 Å². The largest absolute Gasteiger partial charge is 0.506 e. The van der Waals surface area contributed by atoms with Gasteiger partial charge in [0.05, 0.1) is 34.2 Å². The maximum absolute atomic E-state index is 13.6. The number of aliphatic hydroxyl groups is 2. The van der Waals surface area contributed by atoms with Crippen LogP contribution in [-0.2, 0) is 26.5 Å². The SMILES string of the molecule is COc1c(CNC[C@H](O)c2ccc(O)c3[nH]c(=O)ccc23)ccc(NC(=O)CCN(C)C2CCC(C)(OC(=O)C(O)(c3cccs3)c3cccs3)CC2)c1Cl. The van der Waals surface area contributed by atoms with Crippen molar-refractivity contribution in [2.24, 2.45) is 0 Å². The number of carbonyl (C=O) groups excluding carboxylic acids is 2. The van der Waals surface area contributed by atoms with Crippen LogP contribution in [-0.4, -0.2) is 76.0 Å². The van der Waals surface area contributed by atoms with E-state index in [0.29, 0.717) is 58.1 Å². The van der Waals surface area contributed by atoms with Gasteiger partial charge >= 0.3 is 5.97 Å². The number of nitrogens with one attached hydrogen (secondary N) is 3. The minimum Gasteiger partial charge on any atom is -0.506 e. The van der Waals surface area contributed by atoms with Crippen LogP contribution in [0.25, 0.3) is 10.9 Å². The number of rotatable bonds is 15. The Bertz CT molecular complexity index is 2130. The van der Waals surface area contributed by atoms with Crippen molar-refractivity contribution in [2.45, 2.75) is 68.9 Å². The molecule has 0 spiro atoms. The van der Waals surface area contributed by atoms with Gasteiger partial charge in [-0.05, 0) is 86.3 Å². The maximum Gasteiger partial charge on any atom is 0.349 e. The molecule has 6 rings (SSSR count). The molecule has 12 nitrogen and oxygen atoms in total. The van der Waals surface area contributed by atoms with E-state index in [1.807, 2.05) is 24.7 Å². The van der Waals surface area contributed by atoms with E-state index in [0.717, 1.165) is 18.4 Å². The average molecular weight is 809 g/mol. The summed E-state index contributed by atoms with van der Waals surface area (Å²) in [6.45, 7) is 2.89. The number of phenolic OH excluding ortho intramolecular Hbond substituents is 1. The molecular weight excluding hydrogens is 764 g/mol. The molecule has 0 radical (unpaired) electrons. The predicted octanol–water partition coefficient (Wildman–Crippen LogP) is 6.28. The number of halogens is 1. The lowest BCUT2D eigenvalue weighted by Crippen LogP contribution is -2.47. The van der Waals surface area contributed by atoms with Crippen molar-refractivity contribution < 1.29 is 34.4 Å². The summed E-state index contributed by atoms with van der Waals surface area (Å²) in [4.78, 5) is 44.2. The van der Waals surface area contributed by atoms with E-state index in [1.165, 1.54) is 41.9 Å². The Morgan fingerprint density at radius 2 is 1.76 bits per heavy atom. The fraction of sp³-hybridized carbons (Fsp3) is 0.375. The van der Waals surface area contributed by atoms with Crippen LogP contribution in [0.5, 0.6) is 11.5 Å². The van der Waals surface area contributed by atoms with Gasteiger partial charge in [-0.2, -0.15) is 0 Å². The number of H-pyrrole nitrogens is 1. The van der Waals surface area contributed by atoms with Crippen molar-refractivity contribution >= 4 is 62.7 Å². The number of benzene rings is 2. The van der Waals surface area contributed by atoms with Crippen LogP contribution in [0, 0.1) is 0 Å². The van der Waals surface area contributed by atoms with Gasteiger partial charge in [-0.1, -0.05) is 35.9 Å². The molecule has 15 heteroatoms. The first-order chi connectivity index (χ1) is 26.3. The number of fused-ring (bicyclic) bond motifs is 1. The molecule has 55 heavy (non-hydrogen) atoms. The number of anilines is 1. The van der Waals surface area contributed by atoms with E-state index < -0.39 is 23.3 Å². The first kappa shape index (κ1) is 40.4. The lowest BCUT2D eigenvalue weighted by atomic mass is 9.82. The highest BCUT2D eigenvalue weighted by atomic mass is 35.5. The molecule has 292 valence electrons. The Kier molecular flexibility index (Phi) is 12.7. The summed E-state index contributed by atoms with van der Waals surface area (Å²) in [5.41, 5.74) is -0.997. The molecule has 1 aliphatic carbocycles. The fourth-order valence-electron chi connectivity index (χ4n) is 7.07. The highest BCUT2D eigenvalue weighted by molar-refractivity contribution is 7.12. The molecule has 1 saturated carbocycles. The van der Waals surface area contributed by atoms with Gasteiger partial charge in [-0.25, -0.2) is 4.79 Å². The Balaban J connectivity index is 0.980. The van der Waals surface area contributed by atoms with Gasteiger partial charge < -0.3 is 45.3 Å². The number of aromatic nitrogens is 1. The van der Waals surface area contributed by atoms with Crippen LogP contribution in [0.4, 0.5) is 5.69 Å². The molecule has 2 aromatic carbocycles. The number of thiophene rings is 2. The fourth-order valence-corrected chi connectivity index (χ4v) is 9.10. The number of aromatic amines is 1. The maximum atomic E-state index is 13.6. The number of hydrogen-bond acceptors (Lipinski definition) is 12. The van der Waals surface area contributed by atoms with Crippen molar-refractivity contribution in [3.8, 4) is 11.5 Å². The van der Waals surface area contributed by atoms with E-state index in [9.17, 15) is 29.7 Å². The van der Waals surface area contributed by atoms with E-state index in [2.05, 4.69) is 20.5 Å². The van der Waals surface area contributed by atoms with E-state index >= 15 is 0 Å². The second-order valence-electron chi connectivity index (χ2n) is 14.1. The summed E-state index contributed by atoms with van der Waals surface area (Å²) < 4.78 is 11.7. The molecule has 6 N–H and O–H groups in total. The van der Waals surface area contributed by atoms with Gasteiger partial charge in [-0.3, -0.25) is 9.59 Å². The summed E-state index contributed by atoms with van der Waals surface area (Å²) in [5.74, 6) is -0.564. The molecule has 1 atom stereocenters. The number of methoxy groups -OCH3 is 1. The third kappa shape index (κ3) is 8.91. The first-order valence-electron chi connectivity index (χ1n) is 18.0. The van der Waals surface area contributed by atoms with E-state index in [-0.39, 0.29) is 46.8 Å². The zero-order valence-electron chi connectivity index (χ0n) is 30.8. The van der Waals surface area contributed by atoms with Crippen LogP contribution < -0.4 is 20.9 Å². The number of amides is 1. The highest BCUT2D eigenvalue weighted by Gasteiger charge is 2.47. The number of phenols is 1. The number of esters is 1. The monoisotopic (exact) mass is 808 g/mol. The van der Waals surface area contributed by atoms with Crippen LogP contribution in [0.2, 0.25) is 5.02 Å². The van der Waals surface area contributed by atoms with Crippen LogP contribution in [0.15, 0.2) is 76.2 Å². The van der Waals surface area contributed by atoms with Gasteiger partial charge in [-0.15, -0.1) is 22.7 Å². The number of nitrogens with zero attached hydrogens (tertiary/aromatic N) is 1. The molecule has 0 bridgehead atoms.